The predicted molar refractivity (Wildman–Crippen MR) is 88.9 cm³/mol. The lowest BCUT2D eigenvalue weighted by Crippen LogP contribution is -2.54. The molecule has 0 bridgehead atoms. The van der Waals surface area contributed by atoms with Crippen LogP contribution in [-0.4, -0.2) is 39.0 Å². The molecule has 1 aromatic carbocycles. The lowest BCUT2D eigenvalue weighted by atomic mass is 9.96. The molecule has 0 radical (unpaired) electrons. The summed E-state index contributed by atoms with van der Waals surface area (Å²) in [7, 11) is 0. The molecule has 0 saturated carbocycles. The summed E-state index contributed by atoms with van der Waals surface area (Å²) >= 11 is 0. The fraction of sp³-hybridized carbons (Fsp3) is 0.471. The number of fused-ring (bicyclic) bond motifs is 1. The SMILES string of the molecule is CC(C)C(=O)N1CCCC1(C)C(=O)Nc1ccc2cn[nH]c2c1. The summed E-state index contributed by atoms with van der Waals surface area (Å²) in [6.07, 6.45) is 3.27. The summed E-state index contributed by atoms with van der Waals surface area (Å²) in [5.74, 6) is -0.214. The zero-order valence-electron chi connectivity index (χ0n) is 13.7. The van der Waals surface area contributed by atoms with Gasteiger partial charge >= 0.3 is 0 Å². The first kappa shape index (κ1) is 15.5. The number of nitrogens with one attached hydrogen (secondary N) is 2. The molecule has 1 unspecified atom stereocenters. The van der Waals surface area contributed by atoms with E-state index in [0.29, 0.717) is 18.7 Å². The molecule has 2 heterocycles. The van der Waals surface area contributed by atoms with Crippen LogP contribution in [0.3, 0.4) is 0 Å². The van der Waals surface area contributed by atoms with Crippen LogP contribution in [0.15, 0.2) is 24.4 Å². The Bertz CT molecular complexity index is 752. The minimum absolute atomic E-state index is 0.0316. The highest BCUT2D eigenvalue weighted by molar-refractivity contribution is 6.01. The third kappa shape index (κ3) is 2.69. The number of aromatic amines is 1. The van der Waals surface area contributed by atoms with E-state index >= 15 is 0 Å². The molecule has 1 aliphatic heterocycles. The van der Waals surface area contributed by atoms with Gasteiger partial charge < -0.3 is 10.2 Å². The van der Waals surface area contributed by atoms with Crippen LogP contribution in [0.5, 0.6) is 0 Å². The van der Waals surface area contributed by atoms with Gasteiger partial charge in [0.1, 0.15) is 5.54 Å². The molecule has 1 atom stereocenters. The number of H-pyrrole nitrogens is 1. The van der Waals surface area contributed by atoms with E-state index in [0.717, 1.165) is 17.3 Å². The standard InChI is InChI=1S/C17H22N4O2/c1-11(2)15(22)21-8-4-7-17(21,3)16(23)19-13-6-5-12-10-18-20-14(12)9-13/h5-6,9-11H,4,7-8H2,1-3H3,(H,18,20)(H,19,23). The third-order valence-corrected chi connectivity index (χ3v) is 4.59. The minimum atomic E-state index is -0.787. The van der Waals surface area contributed by atoms with Crippen LogP contribution in [-0.2, 0) is 9.59 Å². The monoisotopic (exact) mass is 314 g/mol. The molecule has 2 amide bonds. The topological polar surface area (TPSA) is 78.1 Å². The maximum absolute atomic E-state index is 12.8. The predicted octanol–water partition coefficient (Wildman–Crippen LogP) is 2.54. The van der Waals surface area contributed by atoms with Crippen LogP contribution in [0, 0.1) is 5.92 Å². The molecule has 3 rings (SSSR count). The number of rotatable bonds is 3. The van der Waals surface area contributed by atoms with Crippen LogP contribution in [0.4, 0.5) is 5.69 Å². The average Bonchev–Trinajstić information content (AvgIpc) is 3.13. The van der Waals surface area contributed by atoms with Crippen molar-refractivity contribution in [2.75, 3.05) is 11.9 Å². The highest BCUT2D eigenvalue weighted by Gasteiger charge is 2.46. The van der Waals surface area contributed by atoms with Crippen LogP contribution >= 0.6 is 0 Å². The molecule has 2 N–H and O–H groups in total. The Morgan fingerprint density at radius 2 is 2.17 bits per heavy atom. The van der Waals surface area contributed by atoms with E-state index in [1.54, 1.807) is 11.1 Å². The molecule has 1 fully saturated rings. The zero-order chi connectivity index (χ0) is 16.6. The number of likely N-dealkylation sites (tertiary alicyclic amines) is 1. The quantitative estimate of drug-likeness (QED) is 0.914. The normalized spacial score (nSPS) is 21.1. The highest BCUT2D eigenvalue weighted by Crippen LogP contribution is 2.32. The van der Waals surface area contributed by atoms with E-state index in [-0.39, 0.29) is 17.7 Å². The molecule has 0 aliphatic carbocycles. The van der Waals surface area contributed by atoms with Crippen molar-refractivity contribution in [1.29, 1.82) is 0 Å². The van der Waals surface area contributed by atoms with E-state index in [2.05, 4.69) is 15.5 Å². The van der Waals surface area contributed by atoms with Crippen molar-refractivity contribution in [3.05, 3.63) is 24.4 Å². The summed E-state index contributed by atoms with van der Waals surface area (Å²) in [5, 5.41) is 10.8. The Labute approximate surface area is 135 Å². The van der Waals surface area contributed by atoms with Gasteiger partial charge in [0.15, 0.2) is 0 Å². The number of carbonyl (C=O) groups is 2. The largest absolute Gasteiger partial charge is 0.328 e. The Balaban J connectivity index is 1.81. The van der Waals surface area contributed by atoms with Gasteiger partial charge in [0.25, 0.3) is 0 Å². The molecule has 23 heavy (non-hydrogen) atoms. The van der Waals surface area contributed by atoms with Crippen molar-refractivity contribution < 1.29 is 9.59 Å². The molecule has 6 heteroatoms. The van der Waals surface area contributed by atoms with E-state index in [4.69, 9.17) is 0 Å². The first-order valence-electron chi connectivity index (χ1n) is 7.98. The first-order valence-corrected chi connectivity index (χ1v) is 7.98. The van der Waals surface area contributed by atoms with Gasteiger partial charge in [-0.2, -0.15) is 5.10 Å². The maximum atomic E-state index is 12.8. The van der Waals surface area contributed by atoms with Gasteiger partial charge in [0, 0.05) is 23.5 Å². The lowest BCUT2D eigenvalue weighted by Gasteiger charge is -2.35. The van der Waals surface area contributed by atoms with Gasteiger partial charge in [-0.3, -0.25) is 14.7 Å². The maximum Gasteiger partial charge on any atom is 0.250 e. The molecular formula is C17H22N4O2. The van der Waals surface area contributed by atoms with E-state index in [1.807, 2.05) is 39.0 Å². The molecule has 0 spiro atoms. The molecule has 2 aromatic rings. The van der Waals surface area contributed by atoms with Gasteiger partial charge in [0.05, 0.1) is 11.7 Å². The van der Waals surface area contributed by atoms with Crippen molar-refractivity contribution in [3.63, 3.8) is 0 Å². The number of hydrogen-bond acceptors (Lipinski definition) is 3. The molecule has 1 saturated heterocycles. The number of benzene rings is 1. The zero-order valence-corrected chi connectivity index (χ0v) is 13.7. The third-order valence-electron chi connectivity index (χ3n) is 4.59. The van der Waals surface area contributed by atoms with Gasteiger partial charge in [-0.1, -0.05) is 13.8 Å². The Morgan fingerprint density at radius 3 is 2.91 bits per heavy atom. The van der Waals surface area contributed by atoms with Crippen molar-refractivity contribution in [3.8, 4) is 0 Å². The average molecular weight is 314 g/mol. The van der Waals surface area contributed by atoms with Crippen molar-refractivity contribution in [2.45, 2.75) is 39.2 Å². The summed E-state index contributed by atoms with van der Waals surface area (Å²) in [5.41, 5.74) is 0.788. The smallest absolute Gasteiger partial charge is 0.250 e. The molecular weight excluding hydrogens is 292 g/mol. The van der Waals surface area contributed by atoms with E-state index in [9.17, 15) is 9.59 Å². The Kier molecular flexibility index (Phi) is 3.83. The highest BCUT2D eigenvalue weighted by atomic mass is 16.2. The molecule has 122 valence electrons. The lowest BCUT2D eigenvalue weighted by molar-refractivity contribution is -0.144. The first-order chi connectivity index (χ1) is 10.9. The Hall–Kier alpha value is -2.37. The second-order valence-electron chi connectivity index (χ2n) is 6.65. The van der Waals surface area contributed by atoms with Gasteiger partial charge in [0.2, 0.25) is 11.8 Å². The van der Waals surface area contributed by atoms with Crippen LogP contribution in [0.1, 0.15) is 33.6 Å². The summed E-state index contributed by atoms with van der Waals surface area (Å²) in [6.45, 7) is 6.22. The molecule has 1 aromatic heterocycles. The minimum Gasteiger partial charge on any atom is -0.328 e. The van der Waals surface area contributed by atoms with Gasteiger partial charge in [-0.15, -0.1) is 0 Å². The second-order valence-corrected chi connectivity index (χ2v) is 6.65. The fourth-order valence-electron chi connectivity index (χ4n) is 3.14. The second kappa shape index (κ2) is 5.68. The molecule has 6 nitrogen and oxygen atoms in total. The van der Waals surface area contributed by atoms with Crippen molar-refractivity contribution in [1.82, 2.24) is 15.1 Å². The van der Waals surface area contributed by atoms with Crippen LogP contribution in [0.2, 0.25) is 0 Å². The van der Waals surface area contributed by atoms with Crippen molar-refractivity contribution >= 4 is 28.4 Å². The summed E-state index contributed by atoms with van der Waals surface area (Å²) in [4.78, 5) is 26.9. The number of nitrogens with zero attached hydrogens (tertiary/aromatic N) is 2. The Morgan fingerprint density at radius 1 is 1.39 bits per heavy atom. The number of amides is 2. The van der Waals surface area contributed by atoms with Crippen LogP contribution in [0.25, 0.3) is 10.9 Å². The van der Waals surface area contributed by atoms with E-state index < -0.39 is 5.54 Å². The van der Waals surface area contributed by atoms with Gasteiger partial charge in [-0.05, 0) is 38.0 Å². The summed E-state index contributed by atoms with van der Waals surface area (Å²) < 4.78 is 0. The fourth-order valence-corrected chi connectivity index (χ4v) is 3.14. The van der Waals surface area contributed by atoms with Gasteiger partial charge in [-0.25, -0.2) is 0 Å². The van der Waals surface area contributed by atoms with E-state index in [1.165, 1.54) is 0 Å². The van der Waals surface area contributed by atoms with Crippen LogP contribution < -0.4 is 5.32 Å². The number of hydrogen-bond donors (Lipinski definition) is 2. The van der Waals surface area contributed by atoms with Crippen molar-refractivity contribution in [2.24, 2.45) is 5.92 Å². The number of aromatic nitrogens is 2. The molecule has 1 aliphatic rings. The number of carbonyl (C=O) groups excluding carboxylic acids is 2. The number of anilines is 1. The summed E-state index contributed by atoms with van der Waals surface area (Å²) in [6, 6.07) is 5.61.